The molecule has 6 heteroatoms. The zero-order chi connectivity index (χ0) is 13.5. The van der Waals surface area contributed by atoms with E-state index in [1.807, 2.05) is 6.92 Å². The van der Waals surface area contributed by atoms with Gasteiger partial charge in [0.15, 0.2) is 0 Å². The van der Waals surface area contributed by atoms with Gasteiger partial charge in [-0.25, -0.2) is 4.98 Å². The van der Waals surface area contributed by atoms with Gasteiger partial charge in [-0.15, -0.1) is 0 Å². The van der Waals surface area contributed by atoms with E-state index in [2.05, 4.69) is 15.6 Å². The number of aromatic nitrogens is 1. The molecule has 1 aromatic heterocycles. The van der Waals surface area contributed by atoms with Gasteiger partial charge >= 0.3 is 11.8 Å². The van der Waals surface area contributed by atoms with E-state index in [0.717, 1.165) is 5.56 Å². The molecule has 2 amide bonds. The van der Waals surface area contributed by atoms with E-state index in [9.17, 15) is 9.59 Å². The van der Waals surface area contributed by atoms with Crippen molar-refractivity contribution in [2.75, 3.05) is 11.9 Å². The SMILES string of the molecule is CCC(CO)NC(=O)C(=O)Nc1ccc(C)cn1. The summed E-state index contributed by atoms with van der Waals surface area (Å²) in [5.74, 6) is -1.26. The monoisotopic (exact) mass is 251 g/mol. The second-order valence-corrected chi connectivity index (χ2v) is 3.94. The Morgan fingerprint density at radius 2 is 2.11 bits per heavy atom. The Labute approximate surface area is 105 Å². The number of carbonyl (C=O) groups is 2. The van der Waals surface area contributed by atoms with E-state index in [1.54, 1.807) is 25.3 Å². The van der Waals surface area contributed by atoms with Gasteiger partial charge in [0.2, 0.25) is 0 Å². The van der Waals surface area contributed by atoms with Crippen molar-refractivity contribution in [2.24, 2.45) is 0 Å². The van der Waals surface area contributed by atoms with E-state index >= 15 is 0 Å². The van der Waals surface area contributed by atoms with Crippen LogP contribution < -0.4 is 10.6 Å². The standard InChI is InChI=1S/C12H17N3O3/c1-3-9(7-16)14-11(17)12(18)15-10-5-4-8(2)6-13-10/h4-6,9,16H,3,7H2,1-2H3,(H,14,17)(H,13,15,18). The van der Waals surface area contributed by atoms with Crippen molar-refractivity contribution < 1.29 is 14.7 Å². The number of nitrogens with zero attached hydrogens (tertiary/aromatic N) is 1. The zero-order valence-corrected chi connectivity index (χ0v) is 10.4. The fourth-order valence-corrected chi connectivity index (χ4v) is 1.24. The number of anilines is 1. The van der Waals surface area contributed by atoms with Crippen LogP contribution >= 0.6 is 0 Å². The molecule has 6 nitrogen and oxygen atoms in total. The van der Waals surface area contributed by atoms with E-state index in [0.29, 0.717) is 12.2 Å². The second kappa shape index (κ2) is 6.70. The highest BCUT2D eigenvalue weighted by molar-refractivity contribution is 6.39. The number of hydrogen-bond donors (Lipinski definition) is 3. The largest absolute Gasteiger partial charge is 0.394 e. The fourth-order valence-electron chi connectivity index (χ4n) is 1.24. The van der Waals surface area contributed by atoms with Crippen LogP contribution in [0, 0.1) is 6.92 Å². The molecule has 3 N–H and O–H groups in total. The van der Waals surface area contributed by atoms with Gasteiger partial charge in [-0.05, 0) is 25.0 Å². The molecule has 0 aliphatic rings. The number of pyridine rings is 1. The minimum atomic E-state index is -0.793. The third-order valence-corrected chi connectivity index (χ3v) is 2.41. The summed E-state index contributed by atoms with van der Waals surface area (Å²) in [7, 11) is 0. The zero-order valence-electron chi connectivity index (χ0n) is 10.4. The van der Waals surface area contributed by atoms with Gasteiger partial charge in [0.1, 0.15) is 5.82 Å². The molecule has 1 unspecified atom stereocenters. The quantitative estimate of drug-likeness (QED) is 0.667. The Bertz CT molecular complexity index is 413. The number of rotatable bonds is 4. The molecule has 98 valence electrons. The van der Waals surface area contributed by atoms with Gasteiger partial charge in [0.25, 0.3) is 0 Å². The number of aliphatic hydroxyl groups is 1. The average molecular weight is 251 g/mol. The van der Waals surface area contributed by atoms with Crippen molar-refractivity contribution in [3.63, 3.8) is 0 Å². The molecule has 1 rings (SSSR count). The number of amides is 2. The molecule has 0 saturated heterocycles. The number of hydrogen-bond acceptors (Lipinski definition) is 4. The molecule has 1 aromatic rings. The Kier molecular flexibility index (Phi) is 5.26. The summed E-state index contributed by atoms with van der Waals surface area (Å²) in [6, 6.07) is 2.99. The van der Waals surface area contributed by atoms with Crippen LogP contribution in [0.25, 0.3) is 0 Å². The van der Waals surface area contributed by atoms with Gasteiger partial charge in [-0.1, -0.05) is 13.0 Å². The summed E-state index contributed by atoms with van der Waals surface area (Å²) in [5.41, 5.74) is 0.962. The van der Waals surface area contributed by atoms with Crippen LogP contribution in [-0.4, -0.2) is 34.6 Å². The second-order valence-electron chi connectivity index (χ2n) is 3.94. The maximum atomic E-state index is 11.5. The van der Waals surface area contributed by atoms with Crippen molar-refractivity contribution in [1.29, 1.82) is 0 Å². The molecule has 1 heterocycles. The number of nitrogens with one attached hydrogen (secondary N) is 2. The van der Waals surface area contributed by atoms with E-state index in [1.165, 1.54) is 0 Å². The molecule has 0 saturated carbocycles. The van der Waals surface area contributed by atoms with Crippen LogP contribution in [0.1, 0.15) is 18.9 Å². The maximum absolute atomic E-state index is 11.5. The Hall–Kier alpha value is -1.95. The van der Waals surface area contributed by atoms with Gasteiger partial charge in [0, 0.05) is 6.20 Å². The first-order chi connectivity index (χ1) is 8.56. The van der Waals surface area contributed by atoms with Crippen molar-refractivity contribution in [3.8, 4) is 0 Å². The topological polar surface area (TPSA) is 91.3 Å². The number of aryl methyl sites for hydroxylation is 1. The Morgan fingerprint density at radius 3 is 2.61 bits per heavy atom. The van der Waals surface area contributed by atoms with Crippen molar-refractivity contribution in [3.05, 3.63) is 23.9 Å². The number of carbonyl (C=O) groups excluding carboxylic acids is 2. The van der Waals surface area contributed by atoms with Crippen molar-refractivity contribution >= 4 is 17.6 Å². The normalized spacial score (nSPS) is 11.7. The van der Waals surface area contributed by atoms with Gasteiger partial charge in [-0.3, -0.25) is 9.59 Å². The predicted molar refractivity (Wildman–Crippen MR) is 66.9 cm³/mol. The van der Waals surface area contributed by atoms with Gasteiger partial charge in [-0.2, -0.15) is 0 Å². The Morgan fingerprint density at radius 1 is 1.39 bits per heavy atom. The molecular formula is C12H17N3O3. The summed E-state index contributed by atoms with van der Waals surface area (Å²) in [6.07, 6.45) is 2.15. The molecular weight excluding hydrogens is 234 g/mol. The lowest BCUT2D eigenvalue weighted by atomic mass is 10.2. The van der Waals surface area contributed by atoms with Crippen LogP contribution in [0.4, 0.5) is 5.82 Å². The predicted octanol–water partition coefficient (Wildman–Crippen LogP) is 0.216. The first-order valence-electron chi connectivity index (χ1n) is 5.72. The van der Waals surface area contributed by atoms with E-state index < -0.39 is 17.9 Å². The third-order valence-electron chi connectivity index (χ3n) is 2.41. The first kappa shape index (κ1) is 14.1. The minimum Gasteiger partial charge on any atom is -0.394 e. The van der Waals surface area contributed by atoms with Crippen LogP contribution in [0.5, 0.6) is 0 Å². The van der Waals surface area contributed by atoms with Crippen LogP contribution in [0.15, 0.2) is 18.3 Å². The molecule has 0 spiro atoms. The third kappa shape index (κ3) is 4.14. The fraction of sp³-hybridized carbons (Fsp3) is 0.417. The first-order valence-corrected chi connectivity index (χ1v) is 5.72. The van der Waals surface area contributed by atoms with Crippen molar-refractivity contribution in [2.45, 2.75) is 26.3 Å². The van der Waals surface area contributed by atoms with Crippen LogP contribution in [0.3, 0.4) is 0 Å². The molecule has 0 radical (unpaired) electrons. The average Bonchev–Trinajstić information content (AvgIpc) is 2.38. The molecule has 18 heavy (non-hydrogen) atoms. The highest BCUT2D eigenvalue weighted by Crippen LogP contribution is 2.03. The molecule has 0 bridgehead atoms. The van der Waals surface area contributed by atoms with Crippen LogP contribution in [0.2, 0.25) is 0 Å². The summed E-state index contributed by atoms with van der Waals surface area (Å²) in [6.45, 7) is 3.48. The summed E-state index contributed by atoms with van der Waals surface area (Å²) < 4.78 is 0. The van der Waals surface area contributed by atoms with Gasteiger partial charge < -0.3 is 15.7 Å². The summed E-state index contributed by atoms with van der Waals surface area (Å²) in [4.78, 5) is 27.0. The van der Waals surface area contributed by atoms with E-state index in [-0.39, 0.29) is 6.61 Å². The lowest BCUT2D eigenvalue weighted by Crippen LogP contribution is -2.43. The lowest BCUT2D eigenvalue weighted by Gasteiger charge is -2.13. The number of aliphatic hydroxyl groups excluding tert-OH is 1. The maximum Gasteiger partial charge on any atom is 0.314 e. The molecule has 0 aliphatic carbocycles. The summed E-state index contributed by atoms with van der Waals surface area (Å²) >= 11 is 0. The molecule has 0 aliphatic heterocycles. The van der Waals surface area contributed by atoms with Gasteiger partial charge in [0.05, 0.1) is 12.6 Å². The smallest absolute Gasteiger partial charge is 0.314 e. The Balaban J connectivity index is 2.54. The highest BCUT2D eigenvalue weighted by Gasteiger charge is 2.17. The molecule has 1 atom stereocenters. The van der Waals surface area contributed by atoms with E-state index in [4.69, 9.17) is 5.11 Å². The lowest BCUT2D eigenvalue weighted by molar-refractivity contribution is -0.136. The molecule has 0 aromatic carbocycles. The van der Waals surface area contributed by atoms with Crippen LogP contribution in [-0.2, 0) is 9.59 Å². The highest BCUT2D eigenvalue weighted by atomic mass is 16.3. The minimum absolute atomic E-state index is 0.196. The summed E-state index contributed by atoms with van der Waals surface area (Å²) in [5, 5.41) is 13.7. The molecule has 0 fully saturated rings. The van der Waals surface area contributed by atoms with Crippen molar-refractivity contribution in [1.82, 2.24) is 10.3 Å².